The van der Waals surface area contributed by atoms with Crippen LogP contribution >= 0.6 is 23.4 Å². The molecular formula is C16H19ClN4O2S. The van der Waals surface area contributed by atoms with Crippen LogP contribution in [-0.2, 0) is 11.8 Å². The third kappa shape index (κ3) is 5.01. The molecule has 0 aliphatic heterocycles. The summed E-state index contributed by atoms with van der Waals surface area (Å²) in [5.41, 5.74) is 0.346. The Morgan fingerprint density at radius 3 is 2.71 bits per heavy atom. The van der Waals surface area contributed by atoms with Gasteiger partial charge in [0.2, 0.25) is 5.91 Å². The fraction of sp³-hybridized carbons (Fsp3) is 0.312. The van der Waals surface area contributed by atoms with Crippen molar-refractivity contribution >= 4 is 41.0 Å². The summed E-state index contributed by atoms with van der Waals surface area (Å²) in [4.78, 5) is 24.9. The Morgan fingerprint density at radius 2 is 2.08 bits per heavy atom. The maximum Gasteiger partial charge on any atom is 0.253 e. The first-order chi connectivity index (χ1) is 11.5. The number of amides is 2. The summed E-state index contributed by atoms with van der Waals surface area (Å²) in [5, 5.41) is 9.93. The number of anilines is 1. The van der Waals surface area contributed by atoms with Gasteiger partial charge in [-0.1, -0.05) is 23.7 Å². The van der Waals surface area contributed by atoms with E-state index in [0.717, 1.165) is 5.75 Å². The van der Waals surface area contributed by atoms with E-state index >= 15 is 0 Å². The van der Waals surface area contributed by atoms with Crippen molar-refractivity contribution < 1.29 is 9.59 Å². The van der Waals surface area contributed by atoms with Crippen molar-refractivity contribution in [2.45, 2.75) is 12.5 Å². The first kappa shape index (κ1) is 18.4. The molecule has 0 saturated carbocycles. The van der Waals surface area contributed by atoms with Gasteiger partial charge in [-0.3, -0.25) is 14.3 Å². The highest BCUT2D eigenvalue weighted by atomic mass is 35.5. The minimum absolute atomic E-state index is 0.303. The fourth-order valence-electron chi connectivity index (χ4n) is 2.08. The van der Waals surface area contributed by atoms with Crippen LogP contribution < -0.4 is 10.6 Å². The lowest BCUT2D eigenvalue weighted by atomic mass is 10.1. The third-order valence-electron chi connectivity index (χ3n) is 3.32. The van der Waals surface area contributed by atoms with Gasteiger partial charge in [-0.25, -0.2) is 0 Å². The first-order valence-corrected chi connectivity index (χ1v) is 9.13. The predicted molar refractivity (Wildman–Crippen MR) is 97.5 cm³/mol. The van der Waals surface area contributed by atoms with Gasteiger partial charge >= 0.3 is 0 Å². The van der Waals surface area contributed by atoms with Crippen LogP contribution in [0.3, 0.4) is 0 Å². The molecular weight excluding hydrogens is 348 g/mol. The molecule has 24 heavy (non-hydrogen) atoms. The molecule has 128 valence electrons. The predicted octanol–water partition coefficient (Wildman–Crippen LogP) is 2.56. The molecule has 0 aliphatic rings. The first-order valence-electron chi connectivity index (χ1n) is 7.36. The standard InChI is InChI=1S/C16H19ClN4O2S/c1-21-9-7-14(20-21)19-16(23)13(8-10-24-2)18-15(22)11-5-3-4-6-12(11)17/h3-7,9,13H,8,10H2,1-2H3,(H,18,22)(H,19,20,23). The summed E-state index contributed by atoms with van der Waals surface area (Å²) in [6.07, 6.45) is 4.19. The van der Waals surface area contributed by atoms with Gasteiger partial charge < -0.3 is 10.6 Å². The number of rotatable bonds is 7. The van der Waals surface area contributed by atoms with E-state index in [1.54, 1.807) is 60.0 Å². The van der Waals surface area contributed by atoms with E-state index in [1.807, 2.05) is 6.26 Å². The number of aryl methyl sites for hydroxylation is 1. The maximum absolute atomic E-state index is 12.5. The number of thioether (sulfide) groups is 1. The number of benzene rings is 1. The van der Waals surface area contributed by atoms with Crippen LogP contribution in [0.15, 0.2) is 36.5 Å². The Morgan fingerprint density at radius 1 is 1.33 bits per heavy atom. The maximum atomic E-state index is 12.5. The van der Waals surface area contributed by atoms with Crippen molar-refractivity contribution in [1.29, 1.82) is 0 Å². The average molecular weight is 367 g/mol. The fourth-order valence-corrected chi connectivity index (χ4v) is 2.77. The summed E-state index contributed by atoms with van der Waals surface area (Å²) >= 11 is 7.65. The number of carbonyl (C=O) groups is 2. The topological polar surface area (TPSA) is 76.0 Å². The third-order valence-corrected chi connectivity index (χ3v) is 4.29. The van der Waals surface area contributed by atoms with E-state index in [2.05, 4.69) is 15.7 Å². The summed E-state index contributed by atoms with van der Waals surface area (Å²) in [7, 11) is 1.76. The lowest BCUT2D eigenvalue weighted by molar-refractivity contribution is -0.118. The number of hydrogen-bond donors (Lipinski definition) is 2. The van der Waals surface area contributed by atoms with Crippen molar-refractivity contribution in [2.75, 3.05) is 17.3 Å². The molecule has 0 fully saturated rings. The van der Waals surface area contributed by atoms with E-state index in [4.69, 9.17) is 11.6 Å². The molecule has 1 aromatic heterocycles. The highest BCUT2D eigenvalue weighted by Gasteiger charge is 2.22. The minimum Gasteiger partial charge on any atom is -0.340 e. The van der Waals surface area contributed by atoms with Crippen LogP contribution in [0.25, 0.3) is 0 Å². The zero-order valence-electron chi connectivity index (χ0n) is 13.5. The average Bonchev–Trinajstić information content (AvgIpc) is 2.96. The van der Waals surface area contributed by atoms with Crippen LogP contribution in [-0.4, -0.2) is 39.6 Å². The highest BCUT2D eigenvalue weighted by molar-refractivity contribution is 7.98. The molecule has 6 nitrogen and oxygen atoms in total. The molecule has 0 aliphatic carbocycles. The zero-order chi connectivity index (χ0) is 17.5. The SMILES string of the molecule is CSCCC(NC(=O)c1ccccc1Cl)C(=O)Nc1ccn(C)n1. The lowest BCUT2D eigenvalue weighted by Crippen LogP contribution is -2.44. The summed E-state index contributed by atoms with van der Waals surface area (Å²) < 4.78 is 1.59. The highest BCUT2D eigenvalue weighted by Crippen LogP contribution is 2.15. The van der Waals surface area contributed by atoms with Crippen LogP contribution in [0.4, 0.5) is 5.82 Å². The summed E-state index contributed by atoms with van der Waals surface area (Å²) in [5.74, 6) is 0.512. The molecule has 1 aromatic carbocycles. The molecule has 2 N–H and O–H groups in total. The lowest BCUT2D eigenvalue weighted by Gasteiger charge is -2.18. The van der Waals surface area contributed by atoms with Gasteiger partial charge in [0.15, 0.2) is 5.82 Å². The monoisotopic (exact) mass is 366 g/mol. The number of aromatic nitrogens is 2. The van der Waals surface area contributed by atoms with Gasteiger partial charge in [0, 0.05) is 19.3 Å². The molecule has 8 heteroatoms. The summed E-state index contributed by atoms with van der Waals surface area (Å²) in [6.45, 7) is 0. The Balaban J connectivity index is 2.08. The molecule has 2 amide bonds. The molecule has 0 radical (unpaired) electrons. The molecule has 0 saturated heterocycles. The molecule has 1 atom stereocenters. The van der Waals surface area contributed by atoms with E-state index in [0.29, 0.717) is 22.8 Å². The molecule has 2 rings (SSSR count). The largest absolute Gasteiger partial charge is 0.340 e. The van der Waals surface area contributed by atoms with Crippen LogP contribution in [0.1, 0.15) is 16.8 Å². The number of hydrogen-bond acceptors (Lipinski definition) is 4. The van der Waals surface area contributed by atoms with Gasteiger partial charge in [0.25, 0.3) is 5.91 Å². The Labute approximate surface area is 149 Å². The Bertz CT molecular complexity index is 720. The van der Waals surface area contributed by atoms with Crippen molar-refractivity contribution in [3.8, 4) is 0 Å². The molecule has 1 heterocycles. The number of nitrogens with zero attached hydrogens (tertiary/aromatic N) is 2. The van der Waals surface area contributed by atoms with Crippen LogP contribution in [0, 0.1) is 0 Å². The normalized spacial score (nSPS) is 11.8. The van der Waals surface area contributed by atoms with E-state index in [1.165, 1.54) is 0 Å². The van der Waals surface area contributed by atoms with Gasteiger partial charge in [0.05, 0.1) is 10.6 Å². The number of carbonyl (C=O) groups excluding carboxylic acids is 2. The zero-order valence-corrected chi connectivity index (χ0v) is 15.0. The molecule has 0 spiro atoms. The van der Waals surface area contributed by atoms with Crippen LogP contribution in [0.2, 0.25) is 5.02 Å². The van der Waals surface area contributed by atoms with Crippen LogP contribution in [0.5, 0.6) is 0 Å². The summed E-state index contributed by atoms with van der Waals surface area (Å²) in [6, 6.07) is 7.77. The molecule has 0 bridgehead atoms. The Hall–Kier alpha value is -1.99. The van der Waals surface area contributed by atoms with Crippen molar-refractivity contribution in [3.05, 3.63) is 47.1 Å². The molecule has 2 aromatic rings. The smallest absolute Gasteiger partial charge is 0.253 e. The molecule has 1 unspecified atom stereocenters. The number of halogens is 1. The van der Waals surface area contributed by atoms with Crippen molar-refractivity contribution in [3.63, 3.8) is 0 Å². The minimum atomic E-state index is -0.664. The second kappa shape index (κ2) is 8.75. The van der Waals surface area contributed by atoms with Gasteiger partial charge in [-0.05, 0) is 30.6 Å². The van der Waals surface area contributed by atoms with E-state index in [9.17, 15) is 9.59 Å². The van der Waals surface area contributed by atoms with Crippen molar-refractivity contribution in [1.82, 2.24) is 15.1 Å². The van der Waals surface area contributed by atoms with Gasteiger partial charge in [-0.15, -0.1) is 0 Å². The van der Waals surface area contributed by atoms with Gasteiger partial charge in [-0.2, -0.15) is 16.9 Å². The van der Waals surface area contributed by atoms with E-state index in [-0.39, 0.29) is 11.8 Å². The second-order valence-electron chi connectivity index (χ2n) is 5.15. The Kier molecular flexibility index (Phi) is 6.69. The van der Waals surface area contributed by atoms with E-state index < -0.39 is 6.04 Å². The number of nitrogens with one attached hydrogen (secondary N) is 2. The quantitative estimate of drug-likeness (QED) is 0.789. The van der Waals surface area contributed by atoms with Crippen molar-refractivity contribution in [2.24, 2.45) is 7.05 Å². The van der Waals surface area contributed by atoms with Gasteiger partial charge in [0.1, 0.15) is 6.04 Å². The second-order valence-corrected chi connectivity index (χ2v) is 6.54.